The Morgan fingerprint density at radius 1 is 0.920 bits per heavy atom. The largest absolute Gasteiger partial charge is 0.311 e. The van der Waals surface area contributed by atoms with E-state index in [4.69, 9.17) is 0 Å². The van der Waals surface area contributed by atoms with Crippen molar-refractivity contribution in [1.29, 1.82) is 0 Å². The summed E-state index contributed by atoms with van der Waals surface area (Å²) in [5, 5.41) is 0. The van der Waals surface area contributed by atoms with Crippen LogP contribution in [0.5, 0.6) is 0 Å². The summed E-state index contributed by atoms with van der Waals surface area (Å²) in [7, 11) is 0. The lowest BCUT2D eigenvalue weighted by molar-refractivity contribution is 0.101. The lowest BCUT2D eigenvalue weighted by atomic mass is 9.93. The maximum atomic E-state index is 13.1. The SMILES string of the molecule is CC(=O)c1cc(-c2ccccc2-c2ccccc2)c(=O)n2c1CCC2. The molecule has 1 aliphatic rings. The molecule has 0 spiro atoms. The maximum Gasteiger partial charge on any atom is 0.258 e. The van der Waals surface area contributed by atoms with E-state index in [0.29, 0.717) is 17.7 Å². The normalized spacial score (nSPS) is 12.8. The predicted octanol–water partition coefficient (Wildman–Crippen LogP) is 4.33. The van der Waals surface area contributed by atoms with Crippen molar-refractivity contribution in [1.82, 2.24) is 4.57 Å². The van der Waals surface area contributed by atoms with Crippen molar-refractivity contribution in [2.45, 2.75) is 26.3 Å². The molecule has 25 heavy (non-hydrogen) atoms. The van der Waals surface area contributed by atoms with Crippen molar-refractivity contribution >= 4 is 5.78 Å². The molecule has 0 atom stereocenters. The van der Waals surface area contributed by atoms with Crippen LogP contribution >= 0.6 is 0 Å². The van der Waals surface area contributed by atoms with E-state index >= 15 is 0 Å². The summed E-state index contributed by atoms with van der Waals surface area (Å²) in [6.07, 6.45) is 1.71. The van der Waals surface area contributed by atoms with Crippen LogP contribution in [0, 0.1) is 0 Å². The van der Waals surface area contributed by atoms with Crippen LogP contribution in [-0.2, 0) is 13.0 Å². The fourth-order valence-corrected chi connectivity index (χ4v) is 3.70. The van der Waals surface area contributed by atoms with Gasteiger partial charge in [0.2, 0.25) is 0 Å². The number of carbonyl (C=O) groups is 1. The molecule has 0 aliphatic carbocycles. The predicted molar refractivity (Wildman–Crippen MR) is 99.9 cm³/mol. The first-order valence-corrected chi connectivity index (χ1v) is 8.59. The van der Waals surface area contributed by atoms with Crippen LogP contribution in [0.1, 0.15) is 29.4 Å². The van der Waals surface area contributed by atoms with Gasteiger partial charge in [0.1, 0.15) is 0 Å². The zero-order valence-corrected chi connectivity index (χ0v) is 14.2. The Hall–Kier alpha value is -2.94. The third-order valence-corrected chi connectivity index (χ3v) is 4.88. The third kappa shape index (κ3) is 2.62. The summed E-state index contributed by atoms with van der Waals surface area (Å²) >= 11 is 0. The molecule has 0 N–H and O–H groups in total. The first kappa shape index (κ1) is 15.6. The Morgan fingerprint density at radius 2 is 1.60 bits per heavy atom. The highest BCUT2D eigenvalue weighted by Gasteiger charge is 2.22. The number of pyridine rings is 1. The molecule has 1 aliphatic heterocycles. The monoisotopic (exact) mass is 329 g/mol. The van der Waals surface area contributed by atoms with Crippen LogP contribution < -0.4 is 5.56 Å². The summed E-state index contributed by atoms with van der Waals surface area (Å²) in [6, 6.07) is 19.7. The van der Waals surface area contributed by atoms with E-state index in [9.17, 15) is 9.59 Å². The number of aromatic nitrogens is 1. The minimum atomic E-state index is 0.000816. The van der Waals surface area contributed by atoms with Crippen LogP contribution in [0.3, 0.4) is 0 Å². The van der Waals surface area contributed by atoms with Gasteiger partial charge in [-0.1, -0.05) is 54.6 Å². The second-order valence-corrected chi connectivity index (χ2v) is 6.45. The fraction of sp³-hybridized carbons (Fsp3) is 0.182. The van der Waals surface area contributed by atoms with Gasteiger partial charge in [0.05, 0.1) is 0 Å². The molecule has 2 heterocycles. The number of fused-ring (bicyclic) bond motifs is 1. The third-order valence-electron chi connectivity index (χ3n) is 4.88. The standard InChI is InChI=1S/C22H19NO2/c1-15(24)19-14-20(22(25)23-13-7-12-21(19)23)18-11-6-5-10-17(18)16-8-3-2-4-9-16/h2-6,8-11,14H,7,12-13H2,1H3. The van der Waals surface area contributed by atoms with Crippen molar-refractivity contribution in [3.63, 3.8) is 0 Å². The molecule has 0 radical (unpaired) electrons. The lowest BCUT2D eigenvalue weighted by Crippen LogP contribution is -2.23. The van der Waals surface area contributed by atoms with Crippen LogP contribution in [0.4, 0.5) is 0 Å². The highest BCUT2D eigenvalue weighted by molar-refractivity contribution is 5.97. The van der Waals surface area contributed by atoms with Gasteiger partial charge in [-0.25, -0.2) is 0 Å². The zero-order valence-electron chi connectivity index (χ0n) is 14.2. The van der Waals surface area contributed by atoms with Crippen molar-refractivity contribution in [3.05, 3.63) is 82.3 Å². The van der Waals surface area contributed by atoms with E-state index in [1.165, 1.54) is 0 Å². The molecule has 0 saturated carbocycles. The van der Waals surface area contributed by atoms with E-state index in [0.717, 1.165) is 35.2 Å². The molecule has 0 bridgehead atoms. The topological polar surface area (TPSA) is 39.1 Å². The minimum Gasteiger partial charge on any atom is -0.311 e. The average Bonchev–Trinajstić information content (AvgIpc) is 3.13. The van der Waals surface area contributed by atoms with E-state index in [1.807, 2.05) is 54.6 Å². The van der Waals surface area contributed by atoms with E-state index < -0.39 is 0 Å². The number of rotatable bonds is 3. The molecule has 1 aromatic heterocycles. The molecule has 0 unspecified atom stereocenters. The quantitative estimate of drug-likeness (QED) is 0.671. The molecular weight excluding hydrogens is 310 g/mol. The number of Topliss-reactive ketones (excluding diaryl/α,β-unsaturated/α-hetero) is 1. The van der Waals surface area contributed by atoms with Gasteiger partial charge < -0.3 is 4.57 Å². The van der Waals surface area contributed by atoms with Crippen molar-refractivity contribution in [3.8, 4) is 22.3 Å². The molecule has 4 rings (SSSR count). The number of hydrogen-bond acceptors (Lipinski definition) is 2. The molecule has 0 amide bonds. The first-order valence-electron chi connectivity index (χ1n) is 8.59. The Morgan fingerprint density at radius 3 is 2.32 bits per heavy atom. The summed E-state index contributed by atoms with van der Waals surface area (Å²) < 4.78 is 1.79. The van der Waals surface area contributed by atoms with Gasteiger partial charge in [0.25, 0.3) is 5.56 Å². The highest BCUT2D eigenvalue weighted by Crippen LogP contribution is 2.32. The lowest BCUT2D eigenvalue weighted by Gasteiger charge is -2.14. The molecule has 3 heteroatoms. The zero-order chi connectivity index (χ0) is 17.4. The van der Waals surface area contributed by atoms with Gasteiger partial charge in [-0.3, -0.25) is 9.59 Å². The summed E-state index contributed by atoms with van der Waals surface area (Å²) in [5.74, 6) is 0.0177. The van der Waals surface area contributed by atoms with Gasteiger partial charge in [-0.05, 0) is 42.5 Å². The van der Waals surface area contributed by atoms with Gasteiger partial charge in [-0.15, -0.1) is 0 Å². The number of ketones is 1. The maximum absolute atomic E-state index is 13.1. The second kappa shape index (κ2) is 6.17. The Kier molecular flexibility index (Phi) is 3.85. The molecule has 0 saturated heterocycles. The number of nitrogens with zero attached hydrogens (tertiary/aromatic N) is 1. The van der Waals surface area contributed by atoms with Gasteiger partial charge in [0, 0.05) is 23.4 Å². The highest BCUT2D eigenvalue weighted by atomic mass is 16.1. The second-order valence-electron chi connectivity index (χ2n) is 6.45. The Labute approximate surface area is 146 Å². The summed E-state index contributed by atoms with van der Waals surface area (Å²) in [4.78, 5) is 25.2. The van der Waals surface area contributed by atoms with Crippen molar-refractivity contribution in [2.75, 3.05) is 0 Å². The number of benzene rings is 2. The van der Waals surface area contributed by atoms with Crippen molar-refractivity contribution < 1.29 is 4.79 Å². The molecule has 3 aromatic rings. The molecule has 2 aromatic carbocycles. The van der Waals surface area contributed by atoms with Crippen molar-refractivity contribution in [2.24, 2.45) is 0 Å². The number of carbonyl (C=O) groups excluding carboxylic acids is 1. The molecule has 0 fully saturated rings. The van der Waals surface area contributed by atoms with Crippen LogP contribution in [0.2, 0.25) is 0 Å². The molecular formula is C22H19NO2. The van der Waals surface area contributed by atoms with Crippen LogP contribution in [-0.4, -0.2) is 10.4 Å². The fourth-order valence-electron chi connectivity index (χ4n) is 3.70. The van der Waals surface area contributed by atoms with Gasteiger partial charge >= 0.3 is 0 Å². The number of hydrogen-bond donors (Lipinski definition) is 0. The Bertz CT molecular complexity index is 1020. The molecule has 124 valence electrons. The average molecular weight is 329 g/mol. The first-order chi connectivity index (χ1) is 12.2. The molecule has 3 nitrogen and oxygen atoms in total. The van der Waals surface area contributed by atoms with Gasteiger partial charge in [-0.2, -0.15) is 0 Å². The summed E-state index contributed by atoms with van der Waals surface area (Å²) in [6.45, 7) is 2.27. The van der Waals surface area contributed by atoms with E-state index in [-0.39, 0.29) is 11.3 Å². The Balaban J connectivity index is 2.00. The van der Waals surface area contributed by atoms with Gasteiger partial charge in [0.15, 0.2) is 5.78 Å². The van der Waals surface area contributed by atoms with Crippen LogP contribution in [0.15, 0.2) is 65.5 Å². The minimum absolute atomic E-state index is 0.000816. The summed E-state index contributed by atoms with van der Waals surface area (Å²) in [5.41, 5.74) is 5.12. The van der Waals surface area contributed by atoms with E-state index in [1.54, 1.807) is 17.6 Å². The van der Waals surface area contributed by atoms with E-state index in [2.05, 4.69) is 0 Å². The smallest absolute Gasteiger partial charge is 0.258 e. The van der Waals surface area contributed by atoms with Crippen LogP contribution in [0.25, 0.3) is 22.3 Å².